The molecular weight excluding hydrogens is 300 g/mol. The maximum absolute atomic E-state index is 5.97. The fraction of sp³-hybridized carbons (Fsp3) is 0.450. The summed E-state index contributed by atoms with van der Waals surface area (Å²) in [5.41, 5.74) is 3.34. The van der Waals surface area contributed by atoms with Gasteiger partial charge in [0.25, 0.3) is 5.52 Å². The van der Waals surface area contributed by atoms with Crippen molar-refractivity contribution in [3.63, 3.8) is 0 Å². The molecule has 0 amide bonds. The van der Waals surface area contributed by atoms with Gasteiger partial charge in [0.1, 0.15) is 12.3 Å². The molecule has 1 aliphatic rings. The lowest BCUT2D eigenvalue weighted by Gasteiger charge is -2.24. The summed E-state index contributed by atoms with van der Waals surface area (Å²) in [4.78, 5) is 2.33. The van der Waals surface area contributed by atoms with Gasteiger partial charge in [-0.05, 0) is 40.2 Å². The first-order valence-electron chi connectivity index (χ1n) is 8.84. The Morgan fingerprint density at radius 3 is 2.75 bits per heavy atom. The van der Waals surface area contributed by atoms with Gasteiger partial charge in [-0.15, -0.1) is 0 Å². The van der Waals surface area contributed by atoms with Crippen LogP contribution in [0, 0.1) is 0 Å². The standard InChI is InChI=1S/C20H27N2O2/c1-5-21-15(3)16(4)23-19(21)13-9-10-14-20-22(6-2)17-11-7-8-12-18(17)24-20/h7-8,10-12,14,19H,5-6,9,13H2,1-4H3/q+1. The van der Waals surface area contributed by atoms with Crippen LogP contribution in [0.25, 0.3) is 17.2 Å². The first-order chi connectivity index (χ1) is 11.7. The molecule has 0 bridgehead atoms. The molecule has 0 N–H and O–H groups in total. The highest BCUT2D eigenvalue weighted by Crippen LogP contribution is 2.27. The molecule has 24 heavy (non-hydrogen) atoms. The molecule has 1 aromatic heterocycles. The lowest BCUT2D eigenvalue weighted by Crippen LogP contribution is -2.33. The third-order valence-electron chi connectivity index (χ3n) is 4.74. The SMILES string of the molecule is CCN1C(C)=C(C)OC1CCC=Cc1oc2ccccc2[n+]1CC. The first-order valence-corrected chi connectivity index (χ1v) is 8.84. The Labute approximate surface area is 144 Å². The summed E-state index contributed by atoms with van der Waals surface area (Å²) < 4.78 is 14.1. The fourth-order valence-corrected chi connectivity index (χ4v) is 3.35. The van der Waals surface area contributed by atoms with Crippen LogP contribution in [0.15, 0.2) is 46.2 Å². The van der Waals surface area contributed by atoms with Gasteiger partial charge < -0.3 is 14.1 Å². The topological polar surface area (TPSA) is 29.5 Å². The van der Waals surface area contributed by atoms with E-state index in [4.69, 9.17) is 9.15 Å². The third-order valence-corrected chi connectivity index (χ3v) is 4.74. The maximum Gasteiger partial charge on any atom is 0.373 e. The molecule has 3 rings (SSSR count). The van der Waals surface area contributed by atoms with Crippen molar-refractivity contribution >= 4 is 17.2 Å². The number of aryl methyl sites for hydroxylation is 1. The maximum atomic E-state index is 5.97. The van der Waals surface area contributed by atoms with Crippen molar-refractivity contribution in [3.8, 4) is 0 Å². The quantitative estimate of drug-likeness (QED) is 0.734. The number of hydrogen-bond acceptors (Lipinski definition) is 3. The monoisotopic (exact) mass is 327 g/mol. The van der Waals surface area contributed by atoms with Gasteiger partial charge in [0.2, 0.25) is 5.58 Å². The van der Waals surface area contributed by atoms with Gasteiger partial charge in [0, 0.05) is 25.1 Å². The van der Waals surface area contributed by atoms with Gasteiger partial charge in [-0.1, -0.05) is 18.2 Å². The van der Waals surface area contributed by atoms with Gasteiger partial charge in [-0.3, -0.25) is 0 Å². The van der Waals surface area contributed by atoms with E-state index >= 15 is 0 Å². The Morgan fingerprint density at radius 1 is 1.21 bits per heavy atom. The summed E-state index contributed by atoms with van der Waals surface area (Å²) in [6.45, 7) is 10.4. The number of benzene rings is 1. The molecule has 0 spiro atoms. The van der Waals surface area contributed by atoms with E-state index in [1.54, 1.807) is 0 Å². The second kappa shape index (κ2) is 7.12. The highest BCUT2D eigenvalue weighted by Gasteiger charge is 2.26. The van der Waals surface area contributed by atoms with Gasteiger partial charge in [0.15, 0.2) is 6.23 Å². The molecule has 4 heteroatoms. The van der Waals surface area contributed by atoms with Crippen LogP contribution >= 0.6 is 0 Å². The molecule has 1 aromatic carbocycles. The average molecular weight is 327 g/mol. The number of fused-ring (bicyclic) bond motifs is 1. The molecule has 0 fully saturated rings. The summed E-state index contributed by atoms with van der Waals surface area (Å²) in [6, 6.07) is 8.17. The lowest BCUT2D eigenvalue weighted by atomic mass is 10.2. The Hall–Kier alpha value is -2.23. The van der Waals surface area contributed by atoms with Crippen LogP contribution in [0.4, 0.5) is 0 Å². The number of para-hydroxylation sites is 2. The van der Waals surface area contributed by atoms with E-state index in [1.807, 2.05) is 25.1 Å². The van der Waals surface area contributed by atoms with E-state index in [9.17, 15) is 0 Å². The summed E-state index contributed by atoms with van der Waals surface area (Å²) in [6.07, 6.45) is 6.37. The van der Waals surface area contributed by atoms with Crippen LogP contribution in [0.5, 0.6) is 0 Å². The zero-order valence-corrected chi connectivity index (χ0v) is 15.1. The second-order valence-corrected chi connectivity index (χ2v) is 6.13. The number of nitrogens with zero attached hydrogens (tertiary/aromatic N) is 2. The molecule has 2 aromatic rings. The first kappa shape index (κ1) is 16.6. The van der Waals surface area contributed by atoms with Crippen LogP contribution < -0.4 is 4.57 Å². The smallest absolute Gasteiger partial charge is 0.373 e. The van der Waals surface area contributed by atoms with Crippen LogP contribution in [0.2, 0.25) is 0 Å². The van der Waals surface area contributed by atoms with Gasteiger partial charge in [-0.2, -0.15) is 4.57 Å². The minimum absolute atomic E-state index is 0.161. The van der Waals surface area contributed by atoms with Crippen LogP contribution in [-0.4, -0.2) is 17.7 Å². The van der Waals surface area contributed by atoms with Crippen LogP contribution in [0.3, 0.4) is 0 Å². The Kier molecular flexibility index (Phi) is 4.93. The van der Waals surface area contributed by atoms with Crippen molar-refractivity contribution < 1.29 is 13.7 Å². The normalized spacial score (nSPS) is 18.2. The van der Waals surface area contributed by atoms with E-state index < -0.39 is 0 Å². The number of hydrogen-bond donors (Lipinski definition) is 0. The number of rotatable bonds is 6. The second-order valence-electron chi connectivity index (χ2n) is 6.13. The number of oxazole rings is 1. The van der Waals surface area contributed by atoms with Gasteiger partial charge in [-0.25, -0.2) is 0 Å². The summed E-state index contributed by atoms with van der Waals surface area (Å²) >= 11 is 0. The molecule has 128 valence electrons. The average Bonchev–Trinajstić information content (AvgIpc) is 3.08. The molecule has 0 aliphatic carbocycles. The number of ether oxygens (including phenoxy) is 1. The van der Waals surface area contributed by atoms with Crippen molar-refractivity contribution in [1.82, 2.24) is 4.90 Å². The zero-order valence-electron chi connectivity index (χ0n) is 15.1. The minimum Gasteiger partial charge on any atom is -0.473 e. The van der Waals surface area contributed by atoms with E-state index in [0.717, 1.165) is 48.7 Å². The minimum atomic E-state index is 0.161. The number of allylic oxidation sites excluding steroid dienone is 3. The van der Waals surface area contributed by atoms with Crippen molar-refractivity contribution in [3.05, 3.63) is 47.7 Å². The molecule has 0 saturated carbocycles. The summed E-state index contributed by atoms with van der Waals surface area (Å²) in [5, 5.41) is 0. The summed E-state index contributed by atoms with van der Waals surface area (Å²) in [7, 11) is 0. The predicted octanol–water partition coefficient (Wildman–Crippen LogP) is 4.46. The molecule has 1 aliphatic heterocycles. The molecule has 2 heterocycles. The molecule has 0 saturated heterocycles. The van der Waals surface area contributed by atoms with Crippen LogP contribution in [0.1, 0.15) is 46.4 Å². The van der Waals surface area contributed by atoms with E-state index in [2.05, 4.69) is 48.5 Å². The van der Waals surface area contributed by atoms with Crippen molar-refractivity contribution in [2.75, 3.05) is 6.54 Å². The fourth-order valence-electron chi connectivity index (χ4n) is 3.35. The van der Waals surface area contributed by atoms with Gasteiger partial charge in [0.05, 0.1) is 5.70 Å². The van der Waals surface area contributed by atoms with Crippen molar-refractivity contribution in [1.29, 1.82) is 0 Å². The van der Waals surface area contributed by atoms with E-state index in [0.29, 0.717) is 0 Å². The Bertz CT molecular complexity index is 773. The van der Waals surface area contributed by atoms with Crippen molar-refractivity contribution in [2.24, 2.45) is 0 Å². The van der Waals surface area contributed by atoms with E-state index in [-0.39, 0.29) is 6.23 Å². The highest BCUT2D eigenvalue weighted by atomic mass is 16.5. The molecule has 0 radical (unpaired) electrons. The van der Waals surface area contributed by atoms with Crippen molar-refractivity contribution in [2.45, 2.75) is 53.3 Å². The molecule has 1 atom stereocenters. The molecule has 1 unspecified atom stereocenters. The van der Waals surface area contributed by atoms with Gasteiger partial charge >= 0.3 is 5.89 Å². The predicted molar refractivity (Wildman–Crippen MR) is 96.0 cm³/mol. The zero-order chi connectivity index (χ0) is 17.1. The van der Waals surface area contributed by atoms with E-state index in [1.165, 1.54) is 5.70 Å². The molecular formula is C20H27N2O2+. The number of aromatic nitrogens is 1. The van der Waals surface area contributed by atoms with Crippen LogP contribution in [-0.2, 0) is 11.3 Å². The summed E-state index contributed by atoms with van der Waals surface area (Å²) in [5.74, 6) is 1.95. The lowest BCUT2D eigenvalue weighted by molar-refractivity contribution is -0.674. The molecule has 4 nitrogen and oxygen atoms in total. The third kappa shape index (κ3) is 3.05. The Balaban J connectivity index is 1.65. The Morgan fingerprint density at radius 2 is 2.00 bits per heavy atom. The largest absolute Gasteiger partial charge is 0.473 e. The highest BCUT2D eigenvalue weighted by molar-refractivity contribution is 5.69.